The van der Waals surface area contributed by atoms with E-state index in [9.17, 15) is 28.6 Å². The summed E-state index contributed by atoms with van der Waals surface area (Å²) in [4.78, 5) is 49.9. The Hall–Kier alpha value is -1.59. The average Bonchev–Trinajstić information content (AvgIpc) is 2.91. The molecule has 2 fully saturated rings. The number of phosphoric ester groups is 1. The van der Waals surface area contributed by atoms with Crippen LogP contribution in [-0.4, -0.2) is 81.8 Å². The van der Waals surface area contributed by atoms with Crippen LogP contribution in [0.3, 0.4) is 0 Å². The van der Waals surface area contributed by atoms with Gasteiger partial charge in [-0.3, -0.25) is 9.09 Å². The zero-order chi connectivity index (χ0) is 26.4. The number of imidazole rings is 1. The fourth-order valence-corrected chi connectivity index (χ4v) is 7.03. The standard InChI is InChI=1S/C13H20FN6O12P3/c1-12(14)10(20-4-16-5-8(19(2)3)17-11(15)18-9(5)20)29-6-7(13(6,12)21)30-34(25,26)32-35(27,28)31-33(22,23)24/h4,6-7,10,21H,1-3H3,(H,25,26)(H,27,28)(H2,15,17,18)(H2,22,23,24)/t6-,7?,10-,12+,13+/m1/s1. The first-order valence-corrected chi connectivity index (χ1v) is 13.9. The number of alkyl halides is 1. The van der Waals surface area contributed by atoms with Crippen LogP contribution in [-0.2, 0) is 31.6 Å². The molecular weight excluding hydrogens is 544 g/mol. The molecule has 2 aromatic rings. The Balaban J connectivity index is 1.57. The number of nitrogens with two attached hydrogens (primary N) is 1. The second-order valence-electron chi connectivity index (χ2n) is 8.05. The maximum atomic E-state index is 15.9. The van der Waals surface area contributed by atoms with Crippen molar-refractivity contribution in [3.05, 3.63) is 6.33 Å². The van der Waals surface area contributed by atoms with Crippen LogP contribution in [0.25, 0.3) is 11.2 Å². The number of phosphoric acid groups is 3. The molecule has 22 heteroatoms. The van der Waals surface area contributed by atoms with Gasteiger partial charge in [-0.25, -0.2) is 23.1 Å². The molecule has 18 nitrogen and oxygen atoms in total. The number of hydrogen-bond donors (Lipinski definition) is 6. The minimum atomic E-state index is -5.80. The Morgan fingerprint density at radius 2 is 1.80 bits per heavy atom. The predicted octanol–water partition coefficient (Wildman–Crippen LogP) is -0.443. The molecule has 1 aliphatic carbocycles. The van der Waals surface area contributed by atoms with E-state index in [2.05, 4.69) is 28.1 Å². The van der Waals surface area contributed by atoms with Gasteiger partial charge in [0.05, 0.1) is 6.33 Å². The topological polar surface area (TPSA) is 262 Å². The van der Waals surface area contributed by atoms with Gasteiger partial charge in [-0.2, -0.15) is 18.6 Å². The summed E-state index contributed by atoms with van der Waals surface area (Å²) in [6.45, 7) is 0.904. The Morgan fingerprint density at radius 3 is 2.31 bits per heavy atom. The quantitative estimate of drug-likeness (QED) is 0.222. The third-order valence-electron chi connectivity index (χ3n) is 5.31. The van der Waals surface area contributed by atoms with Crippen LogP contribution < -0.4 is 10.6 Å². The molecule has 196 valence electrons. The van der Waals surface area contributed by atoms with Crippen molar-refractivity contribution in [1.82, 2.24) is 19.5 Å². The molecule has 1 aliphatic heterocycles. The van der Waals surface area contributed by atoms with Crippen LogP contribution >= 0.6 is 23.5 Å². The lowest BCUT2D eigenvalue weighted by atomic mass is 9.97. The van der Waals surface area contributed by atoms with Gasteiger partial charge in [-0.05, 0) is 6.92 Å². The van der Waals surface area contributed by atoms with Crippen molar-refractivity contribution >= 4 is 46.4 Å². The summed E-state index contributed by atoms with van der Waals surface area (Å²) in [5, 5.41) is 10.8. The number of hydrogen-bond acceptors (Lipinski definition) is 13. The Bertz CT molecular complexity index is 1330. The van der Waals surface area contributed by atoms with Gasteiger partial charge in [0.2, 0.25) is 5.95 Å². The molecule has 2 aromatic heterocycles. The lowest BCUT2D eigenvalue weighted by Crippen LogP contribution is -2.45. The second-order valence-corrected chi connectivity index (χ2v) is 12.4. The first kappa shape index (κ1) is 26.5. The van der Waals surface area contributed by atoms with Crippen molar-refractivity contribution in [2.75, 3.05) is 24.7 Å². The smallest absolute Gasteiger partial charge is 0.381 e. The number of fused-ring (bicyclic) bond motifs is 2. The summed E-state index contributed by atoms with van der Waals surface area (Å²) in [5.74, 6) is 0.162. The fraction of sp³-hybridized carbons (Fsp3) is 0.615. The van der Waals surface area contributed by atoms with E-state index in [1.807, 2.05) is 0 Å². The van der Waals surface area contributed by atoms with Crippen molar-refractivity contribution in [3.8, 4) is 0 Å². The lowest BCUT2D eigenvalue weighted by molar-refractivity contribution is -0.112. The van der Waals surface area contributed by atoms with Gasteiger partial charge in [0.25, 0.3) is 0 Å². The number of halogens is 1. The molecule has 1 saturated heterocycles. The Morgan fingerprint density at radius 1 is 1.17 bits per heavy atom. The van der Waals surface area contributed by atoms with E-state index in [-0.39, 0.29) is 17.1 Å². The van der Waals surface area contributed by atoms with Crippen LogP contribution in [0.15, 0.2) is 6.33 Å². The molecule has 1 saturated carbocycles. The molecule has 0 aromatic carbocycles. The zero-order valence-electron chi connectivity index (χ0n) is 17.9. The zero-order valence-corrected chi connectivity index (χ0v) is 20.6. The fourth-order valence-electron chi connectivity index (χ4n) is 3.82. The predicted molar refractivity (Wildman–Crippen MR) is 111 cm³/mol. The summed E-state index contributed by atoms with van der Waals surface area (Å²) in [7, 11) is -13.7. The summed E-state index contributed by atoms with van der Waals surface area (Å²) in [6.07, 6.45) is -3.86. The van der Waals surface area contributed by atoms with Gasteiger partial charge in [0.15, 0.2) is 34.5 Å². The Labute approximate surface area is 194 Å². The normalized spacial score (nSPS) is 33.8. The molecule has 0 spiro atoms. The van der Waals surface area contributed by atoms with Gasteiger partial charge in [0, 0.05) is 14.1 Å². The first-order chi connectivity index (χ1) is 15.8. The van der Waals surface area contributed by atoms with Gasteiger partial charge in [-0.15, -0.1) is 0 Å². The molecule has 35 heavy (non-hydrogen) atoms. The highest BCUT2D eigenvalue weighted by Gasteiger charge is 2.85. The SMILES string of the molecule is CN(C)c1nc(N)nc2c1ncn2[C@@H]1O[C@@H]2C(OP(=O)(O)OP(=O)(O)OP(=O)(O)O)[C@]2(O)[C@@]1(C)F. The van der Waals surface area contributed by atoms with Crippen LogP contribution in [0.2, 0.25) is 0 Å². The van der Waals surface area contributed by atoms with E-state index in [4.69, 9.17) is 20.3 Å². The van der Waals surface area contributed by atoms with Gasteiger partial charge < -0.3 is 40.1 Å². The van der Waals surface area contributed by atoms with Crippen molar-refractivity contribution < 1.29 is 60.6 Å². The number of ether oxygens (including phenoxy) is 1. The molecule has 7 N–H and O–H groups in total. The third kappa shape index (κ3) is 4.52. The van der Waals surface area contributed by atoms with E-state index in [1.165, 1.54) is 6.33 Å². The van der Waals surface area contributed by atoms with Crippen molar-refractivity contribution in [3.63, 3.8) is 0 Å². The highest BCUT2D eigenvalue weighted by Crippen LogP contribution is 2.71. The Kier molecular flexibility index (Phi) is 6.01. The van der Waals surface area contributed by atoms with E-state index in [0.29, 0.717) is 5.82 Å². The van der Waals surface area contributed by atoms with Crippen LogP contribution in [0.1, 0.15) is 13.2 Å². The molecule has 4 rings (SSSR count). The van der Waals surface area contributed by atoms with Crippen LogP contribution in [0.4, 0.5) is 16.2 Å². The van der Waals surface area contributed by atoms with Gasteiger partial charge in [0.1, 0.15) is 12.2 Å². The monoisotopic (exact) mass is 564 g/mol. The largest absolute Gasteiger partial charge is 0.490 e. The van der Waals surface area contributed by atoms with Crippen molar-refractivity contribution in [1.29, 1.82) is 0 Å². The maximum Gasteiger partial charge on any atom is 0.490 e. The molecule has 0 amide bonds. The molecule has 0 radical (unpaired) electrons. The number of nitrogens with zero attached hydrogens (tertiary/aromatic N) is 5. The van der Waals surface area contributed by atoms with Gasteiger partial charge in [-0.1, -0.05) is 0 Å². The summed E-state index contributed by atoms with van der Waals surface area (Å²) >= 11 is 0. The van der Waals surface area contributed by atoms with Gasteiger partial charge >= 0.3 is 23.5 Å². The van der Waals surface area contributed by atoms with Crippen LogP contribution in [0.5, 0.6) is 0 Å². The molecule has 0 bridgehead atoms. The highest BCUT2D eigenvalue weighted by atomic mass is 31.3. The van der Waals surface area contributed by atoms with E-state index >= 15 is 4.39 Å². The number of aliphatic hydroxyl groups is 1. The molecule has 2 aliphatic rings. The maximum absolute atomic E-state index is 15.9. The molecule has 7 atom stereocenters. The number of aromatic nitrogens is 4. The van der Waals surface area contributed by atoms with E-state index < -0.39 is 53.2 Å². The average molecular weight is 564 g/mol. The molecular formula is C13H20FN6O12P3. The van der Waals surface area contributed by atoms with E-state index in [1.54, 1.807) is 19.0 Å². The number of nitrogen functional groups attached to an aromatic ring is 1. The second kappa shape index (κ2) is 7.95. The molecule has 3 heterocycles. The minimum Gasteiger partial charge on any atom is -0.381 e. The lowest BCUT2D eigenvalue weighted by Gasteiger charge is -2.31. The van der Waals surface area contributed by atoms with E-state index in [0.717, 1.165) is 11.5 Å². The summed E-state index contributed by atoms with van der Waals surface area (Å²) in [6, 6.07) is 0. The minimum absolute atomic E-state index is 0.0596. The number of anilines is 2. The third-order valence-corrected chi connectivity index (χ3v) is 9.14. The van der Waals surface area contributed by atoms with Crippen LogP contribution in [0, 0.1) is 0 Å². The van der Waals surface area contributed by atoms with Crippen molar-refractivity contribution in [2.24, 2.45) is 0 Å². The highest BCUT2D eigenvalue weighted by molar-refractivity contribution is 7.66. The van der Waals surface area contributed by atoms with Crippen molar-refractivity contribution in [2.45, 2.75) is 36.6 Å². The summed E-state index contributed by atoms with van der Waals surface area (Å²) < 4.78 is 68.6. The first-order valence-electron chi connectivity index (χ1n) is 9.35. The number of rotatable bonds is 8. The molecule has 3 unspecified atom stereocenters. The summed E-state index contributed by atoms with van der Waals surface area (Å²) in [5.41, 5.74) is 0.751.